The van der Waals surface area contributed by atoms with Gasteiger partial charge in [0.15, 0.2) is 5.57 Å². The lowest BCUT2D eigenvalue weighted by molar-refractivity contribution is -0.136. The summed E-state index contributed by atoms with van der Waals surface area (Å²) >= 11 is 0. The van der Waals surface area contributed by atoms with Crippen molar-refractivity contribution >= 4 is 17.8 Å². The number of nitrogens with one attached hydrogen (secondary N) is 3. The Hall–Kier alpha value is -2.25. The molecule has 152 valence electrons. The largest absolute Gasteiger partial charge is 0.494 e. The molecule has 0 aliphatic heterocycles. The second kappa shape index (κ2) is 10.8. The normalized spacial score (nSPS) is 20.1. The Balaban J connectivity index is 2.09. The molecule has 0 radical (unpaired) electrons. The highest BCUT2D eigenvalue weighted by Crippen LogP contribution is 2.19. The summed E-state index contributed by atoms with van der Waals surface area (Å²) in [6.45, 7) is -0.581. The lowest BCUT2D eigenvalue weighted by atomic mass is 9.95. The highest BCUT2D eigenvalue weighted by Gasteiger charge is 2.28. The van der Waals surface area contributed by atoms with Gasteiger partial charge in [-0.1, -0.05) is 44.9 Å². The van der Waals surface area contributed by atoms with Gasteiger partial charge in [0.25, 0.3) is 11.8 Å². The number of carbonyl (C=O) groups excluding carboxylic acids is 2. The van der Waals surface area contributed by atoms with E-state index < -0.39 is 35.8 Å². The molecule has 27 heavy (non-hydrogen) atoms. The number of rotatable bonds is 7. The lowest BCUT2D eigenvalue weighted by Crippen LogP contribution is -2.45. The summed E-state index contributed by atoms with van der Waals surface area (Å²) in [6, 6.07) is -0.0658. The van der Waals surface area contributed by atoms with Crippen molar-refractivity contribution in [3.05, 3.63) is 11.5 Å². The Morgan fingerprint density at radius 3 is 1.52 bits per heavy atom. The number of aliphatic carboxylic acids is 1. The predicted octanol–water partition coefficient (Wildman–Crippen LogP) is 1.72. The fourth-order valence-corrected chi connectivity index (χ4v) is 3.75. The summed E-state index contributed by atoms with van der Waals surface area (Å²) in [5.74, 6) is -3.22. The predicted molar refractivity (Wildman–Crippen MR) is 99.9 cm³/mol. The Labute approximate surface area is 159 Å². The number of carboxylic acid groups (broad SMARTS) is 1. The smallest absolute Gasteiger partial charge is 0.322 e. The van der Waals surface area contributed by atoms with Gasteiger partial charge in [0, 0.05) is 12.1 Å². The van der Waals surface area contributed by atoms with Gasteiger partial charge < -0.3 is 26.2 Å². The van der Waals surface area contributed by atoms with Crippen LogP contribution in [0.3, 0.4) is 0 Å². The van der Waals surface area contributed by atoms with Gasteiger partial charge in [-0.2, -0.15) is 0 Å². The first-order valence-corrected chi connectivity index (χ1v) is 9.98. The van der Waals surface area contributed by atoms with Crippen LogP contribution in [0.5, 0.6) is 0 Å². The second-order valence-corrected chi connectivity index (χ2v) is 7.44. The Morgan fingerprint density at radius 2 is 1.11 bits per heavy atom. The second-order valence-electron chi connectivity index (χ2n) is 7.44. The molecule has 2 saturated carbocycles. The first-order chi connectivity index (χ1) is 13.0. The average Bonchev–Trinajstić information content (AvgIpc) is 2.89. The van der Waals surface area contributed by atoms with Gasteiger partial charge in [-0.25, -0.2) is 0 Å². The zero-order chi connectivity index (χ0) is 19.6. The SMILES string of the molecule is O=C(O)CNC(O)=C(C(=O)NC1CCCCCC1)C(=O)NC1CCCCC1. The van der Waals surface area contributed by atoms with Gasteiger partial charge in [-0.05, 0) is 25.7 Å². The number of aliphatic hydroxyl groups is 1. The fraction of sp³-hybridized carbons (Fsp3) is 0.737. The van der Waals surface area contributed by atoms with Crippen LogP contribution in [-0.4, -0.2) is 46.6 Å². The fourth-order valence-electron chi connectivity index (χ4n) is 3.75. The van der Waals surface area contributed by atoms with E-state index in [1.54, 1.807) is 0 Å². The maximum absolute atomic E-state index is 12.7. The highest BCUT2D eigenvalue weighted by atomic mass is 16.4. The first-order valence-electron chi connectivity index (χ1n) is 9.98. The minimum absolute atomic E-state index is 0.0285. The minimum atomic E-state index is -1.20. The molecular formula is C19H31N3O5. The summed E-state index contributed by atoms with van der Waals surface area (Å²) in [5, 5.41) is 26.9. The van der Waals surface area contributed by atoms with E-state index in [4.69, 9.17) is 5.11 Å². The van der Waals surface area contributed by atoms with E-state index in [1.807, 2.05) is 0 Å². The molecule has 0 aromatic rings. The van der Waals surface area contributed by atoms with E-state index in [9.17, 15) is 19.5 Å². The first kappa shape index (κ1) is 21.1. The molecule has 0 aromatic carbocycles. The Kier molecular flexibility index (Phi) is 8.42. The number of hydrogen-bond acceptors (Lipinski definition) is 5. The molecule has 0 unspecified atom stereocenters. The molecule has 2 rings (SSSR count). The van der Waals surface area contributed by atoms with Crippen LogP contribution in [0.4, 0.5) is 0 Å². The Morgan fingerprint density at radius 1 is 0.704 bits per heavy atom. The van der Waals surface area contributed by atoms with Crippen LogP contribution in [0, 0.1) is 0 Å². The van der Waals surface area contributed by atoms with Crippen molar-refractivity contribution in [3.63, 3.8) is 0 Å². The van der Waals surface area contributed by atoms with E-state index in [1.165, 1.54) is 0 Å². The van der Waals surface area contributed by atoms with Gasteiger partial charge in [0.05, 0.1) is 0 Å². The van der Waals surface area contributed by atoms with Crippen LogP contribution in [-0.2, 0) is 14.4 Å². The zero-order valence-electron chi connectivity index (χ0n) is 15.8. The van der Waals surface area contributed by atoms with Crippen molar-refractivity contribution in [1.29, 1.82) is 0 Å². The lowest BCUT2D eigenvalue weighted by Gasteiger charge is -2.24. The topological polar surface area (TPSA) is 128 Å². The standard InChI is InChI=1S/C19H31N3O5/c23-15(24)12-20-17(25)16(19(27)22-14-10-6-3-7-11-14)18(26)21-13-8-4-1-2-5-9-13/h13-14,20,25H,1-12H2,(H,21,26)(H,22,27)(H,23,24). The van der Waals surface area contributed by atoms with Gasteiger partial charge in [-0.3, -0.25) is 14.4 Å². The number of carboxylic acids is 1. The number of amides is 2. The molecular weight excluding hydrogens is 350 g/mol. The summed E-state index contributed by atoms with van der Waals surface area (Å²) in [7, 11) is 0. The summed E-state index contributed by atoms with van der Waals surface area (Å²) < 4.78 is 0. The van der Waals surface area contributed by atoms with Crippen LogP contribution >= 0.6 is 0 Å². The molecule has 8 heteroatoms. The van der Waals surface area contributed by atoms with Crippen molar-refractivity contribution in [2.45, 2.75) is 82.7 Å². The molecule has 2 aliphatic carbocycles. The molecule has 0 saturated heterocycles. The highest BCUT2D eigenvalue weighted by molar-refractivity contribution is 6.18. The van der Waals surface area contributed by atoms with Gasteiger partial charge in [0.1, 0.15) is 6.54 Å². The van der Waals surface area contributed by atoms with Crippen LogP contribution < -0.4 is 16.0 Å². The van der Waals surface area contributed by atoms with E-state index in [0.29, 0.717) is 0 Å². The van der Waals surface area contributed by atoms with Crippen molar-refractivity contribution in [3.8, 4) is 0 Å². The maximum atomic E-state index is 12.7. The van der Waals surface area contributed by atoms with Crippen LogP contribution in [0.2, 0.25) is 0 Å². The molecule has 2 amide bonds. The van der Waals surface area contributed by atoms with E-state index in [-0.39, 0.29) is 12.1 Å². The van der Waals surface area contributed by atoms with Gasteiger partial charge in [-0.15, -0.1) is 0 Å². The third-order valence-corrected chi connectivity index (χ3v) is 5.23. The average molecular weight is 381 g/mol. The summed E-state index contributed by atoms with van der Waals surface area (Å²) in [5.41, 5.74) is -0.439. The van der Waals surface area contributed by atoms with Crippen LogP contribution in [0.25, 0.3) is 0 Å². The molecule has 2 fully saturated rings. The third kappa shape index (κ3) is 7.11. The monoisotopic (exact) mass is 381 g/mol. The summed E-state index contributed by atoms with van der Waals surface area (Å²) in [6.07, 6.45) is 10.8. The van der Waals surface area contributed by atoms with E-state index >= 15 is 0 Å². The number of carbonyl (C=O) groups is 3. The molecule has 0 spiro atoms. The van der Waals surface area contributed by atoms with Crippen molar-refractivity contribution in [2.24, 2.45) is 0 Å². The molecule has 5 N–H and O–H groups in total. The molecule has 0 bridgehead atoms. The minimum Gasteiger partial charge on any atom is -0.494 e. The third-order valence-electron chi connectivity index (χ3n) is 5.23. The van der Waals surface area contributed by atoms with Gasteiger partial charge in [0.2, 0.25) is 5.88 Å². The molecule has 0 atom stereocenters. The maximum Gasteiger partial charge on any atom is 0.322 e. The summed E-state index contributed by atoms with van der Waals surface area (Å²) in [4.78, 5) is 36.1. The Bertz CT molecular complexity index is 562. The number of hydrogen-bond donors (Lipinski definition) is 5. The van der Waals surface area contributed by atoms with Crippen LogP contribution in [0.1, 0.15) is 70.6 Å². The van der Waals surface area contributed by atoms with E-state index in [2.05, 4.69) is 16.0 Å². The van der Waals surface area contributed by atoms with Crippen molar-refractivity contribution < 1.29 is 24.6 Å². The molecule has 0 heterocycles. The molecule has 8 nitrogen and oxygen atoms in total. The number of aliphatic hydroxyl groups excluding tert-OH is 1. The van der Waals surface area contributed by atoms with Crippen molar-refractivity contribution in [2.75, 3.05) is 6.54 Å². The quantitative estimate of drug-likeness (QED) is 0.150. The van der Waals surface area contributed by atoms with Gasteiger partial charge >= 0.3 is 5.97 Å². The van der Waals surface area contributed by atoms with Crippen LogP contribution in [0.15, 0.2) is 11.5 Å². The zero-order valence-corrected chi connectivity index (χ0v) is 15.8. The molecule has 2 aliphatic rings. The molecule has 0 aromatic heterocycles. The van der Waals surface area contributed by atoms with E-state index in [0.717, 1.165) is 70.6 Å². The van der Waals surface area contributed by atoms with Crippen molar-refractivity contribution in [1.82, 2.24) is 16.0 Å².